The molecule has 2 aromatic rings. The monoisotopic (exact) mass is 295 g/mol. The van der Waals surface area contributed by atoms with Gasteiger partial charge < -0.3 is 5.32 Å². The van der Waals surface area contributed by atoms with Crippen LogP contribution >= 0.6 is 22.9 Å². The first-order valence-electron chi connectivity index (χ1n) is 6.18. The number of halogens is 1. The van der Waals surface area contributed by atoms with Crippen LogP contribution in [0.3, 0.4) is 0 Å². The van der Waals surface area contributed by atoms with Crippen LogP contribution in [0.1, 0.15) is 16.3 Å². The molecule has 0 spiro atoms. The molecule has 0 radical (unpaired) electrons. The molecule has 19 heavy (non-hydrogen) atoms. The van der Waals surface area contributed by atoms with Gasteiger partial charge in [0.05, 0.1) is 5.69 Å². The lowest BCUT2D eigenvalue weighted by Crippen LogP contribution is -2.17. The first-order chi connectivity index (χ1) is 9.17. The van der Waals surface area contributed by atoms with Crippen LogP contribution in [0.5, 0.6) is 0 Å². The highest BCUT2D eigenvalue weighted by Crippen LogP contribution is 2.15. The van der Waals surface area contributed by atoms with E-state index in [0.29, 0.717) is 0 Å². The van der Waals surface area contributed by atoms with Crippen LogP contribution in [0.2, 0.25) is 5.02 Å². The van der Waals surface area contributed by atoms with E-state index in [1.807, 2.05) is 25.2 Å². The molecule has 0 saturated heterocycles. The quantitative estimate of drug-likeness (QED) is 0.887. The molecular formula is C14H18ClN3S. The summed E-state index contributed by atoms with van der Waals surface area (Å²) >= 11 is 7.69. The number of nitrogens with one attached hydrogen (secondary N) is 1. The molecular weight excluding hydrogens is 278 g/mol. The Morgan fingerprint density at radius 1 is 1.37 bits per heavy atom. The summed E-state index contributed by atoms with van der Waals surface area (Å²) in [5, 5.41) is 7.16. The largest absolute Gasteiger partial charge is 0.314 e. The second-order valence-corrected chi connectivity index (χ2v) is 5.94. The zero-order valence-corrected chi connectivity index (χ0v) is 12.8. The van der Waals surface area contributed by atoms with Gasteiger partial charge in [-0.3, -0.25) is 4.90 Å². The maximum atomic E-state index is 5.99. The molecule has 2 rings (SSSR count). The van der Waals surface area contributed by atoms with E-state index in [0.717, 1.165) is 35.4 Å². The highest BCUT2D eigenvalue weighted by Gasteiger charge is 2.06. The lowest BCUT2D eigenvalue weighted by Gasteiger charge is -2.15. The van der Waals surface area contributed by atoms with E-state index in [2.05, 4.69) is 33.7 Å². The summed E-state index contributed by atoms with van der Waals surface area (Å²) in [4.78, 5) is 6.83. The number of thiazole rings is 1. The Morgan fingerprint density at radius 2 is 2.21 bits per heavy atom. The zero-order valence-electron chi connectivity index (χ0n) is 11.2. The summed E-state index contributed by atoms with van der Waals surface area (Å²) in [6, 6.07) is 7.98. The van der Waals surface area contributed by atoms with Crippen molar-refractivity contribution in [2.75, 3.05) is 14.1 Å². The van der Waals surface area contributed by atoms with Crippen molar-refractivity contribution in [2.24, 2.45) is 0 Å². The molecule has 0 bridgehead atoms. The molecule has 0 atom stereocenters. The van der Waals surface area contributed by atoms with Crippen molar-refractivity contribution in [1.82, 2.24) is 15.2 Å². The molecule has 0 fully saturated rings. The van der Waals surface area contributed by atoms with Gasteiger partial charge in [-0.15, -0.1) is 11.3 Å². The second kappa shape index (κ2) is 7.01. The number of hydrogen-bond donors (Lipinski definition) is 1. The first kappa shape index (κ1) is 14.5. The van der Waals surface area contributed by atoms with Crippen molar-refractivity contribution in [1.29, 1.82) is 0 Å². The Kier molecular flexibility index (Phi) is 5.34. The molecule has 5 heteroatoms. The van der Waals surface area contributed by atoms with Crippen LogP contribution in [0.4, 0.5) is 0 Å². The van der Waals surface area contributed by atoms with E-state index in [4.69, 9.17) is 11.6 Å². The molecule has 1 aromatic carbocycles. The maximum absolute atomic E-state index is 5.99. The third-order valence-electron chi connectivity index (χ3n) is 2.70. The van der Waals surface area contributed by atoms with Gasteiger partial charge in [-0.25, -0.2) is 4.98 Å². The maximum Gasteiger partial charge on any atom is 0.107 e. The molecule has 0 aliphatic rings. The fourth-order valence-corrected chi connectivity index (χ4v) is 2.94. The van der Waals surface area contributed by atoms with Crippen molar-refractivity contribution < 1.29 is 0 Å². The Morgan fingerprint density at radius 3 is 2.95 bits per heavy atom. The molecule has 0 unspecified atom stereocenters. The van der Waals surface area contributed by atoms with Gasteiger partial charge in [-0.1, -0.05) is 23.7 Å². The molecule has 102 valence electrons. The molecule has 0 saturated carbocycles. The summed E-state index contributed by atoms with van der Waals surface area (Å²) in [6.45, 7) is 2.56. The minimum Gasteiger partial charge on any atom is -0.314 e. The zero-order chi connectivity index (χ0) is 13.7. The van der Waals surface area contributed by atoms with E-state index in [1.54, 1.807) is 11.3 Å². The number of aromatic nitrogens is 1. The van der Waals surface area contributed by atoms with Crippen LogP contribution in [-0.4, -0.2) is 24.0 Å². The lowest BCUT2D eigenvalue weighted by molar-refractivity contribution is 0.315. The summed E-state index contributed by atoms with van der Waals surface area (Å²) in [5.74, 6) is 0. The second-order valence-electron chi connectivity index (χ2n) is 4.57. The number of nitrogens with zero attached hydrogens (tertiary/aromatic N) is 2. The summed E-state index contributed by atoms with van der Waals surface area (Å²) < 4.78 is 0. The van der Waals surface area contributed by atoms with Crippen LogP contribution in [-0.2, 0) is 19.6 Å². The van der Waals surface area contributed by atoms with Gasteiger partial charge in [-0.2, -0.15) is 0 Å². The fourth-order valence-electron chi connectivity index (χ4n) is 1.93. The standard InChI is InChI=1S/C14H18ClN3S/c1-16-7-14-17-13(10-19-14)9-18(2)8-11-4-3-5-12(15)6-11/h3-6,10,16H,7-9H2,1-2H3. The Labute approximate surface area is 123 Å². The minimum absolute atomic E-state index is 0.788. The molecule has 0 amide bonds. The Hall–Kier alpha value is -0.940. The fraction of sp³-hybridized carbons (Fsp3) is 0.357. The van der Waals surface area contributed by atoms with Crippen molar-refractivity contribution in [2.45, 2.75) is 19.6 Å². The summed E-state index contributed by atoms with van der Waals surface area (Å²) in [6.07, 6.45) is 0. The van der Waals surface area contributed by atoms with Gasteiger partial charge in [0.1, 0.15) is 5.01 Å². The van der Waals surface area contributed by atoms with Gasteiger partial charge in [0.25, 0.3) is 0 Å². The van der Waals surface area contributed by atoms with Crippen LogP contribution in [0.15, 0.2) is 29.6 Å². The van der Waals surface area contributed by atoms with Crippen molar-refractivity contribution in [3.63, 3.8) is 0 Å². The number of rotatable bonds is 6. The van der Waals surface area contributed by atoms with Crippen molar-refractivity contribution >= 4 is 22.9 Å². The van der Waals surface area contributed by atoms with Crippen LogP contribution in [0.25, 0.3) is 0 Å². The van der Waals surface area contributed by atoms with Crippen molar-refractivity contribution in [3.8, 4) is 0 Å². The van der Waals surface area contributed by atoms with E-state index in [9.17, 15) is 0 Å². The van der Waals surface area contributed by atoms with E-state index >= 15 is 0 Å². The smallest absolute Gasteiger partial charge is 0.107 e. The number of benzene rings is 1. The highest BCUT2D eigenvalue weighted by molar-refractivity contribution is 7.09. The number of hydrogen-bond acceptors (Lipinski definition) is 4. The van der Waals surface area contributed by atoms with Crippen LogP contribution in [0, 0.1) is 0 Å². The van der Waals surface area contributed by atoms with Crippen molar-refractivity contribution in [3.05, 3.63) is 50.9 Å². The van der Waals surface area contributed by atoms with Gasteiger partial charge in [-0.05, 0) is 31.8 Å². The predicted octanol–water partition coefficient (Wildman–Crippen LogP) is 3.15. The molecule has 0 aliphatic carbocycles. The SMILES string of the molecule is CNCc1nc(CN(C)Cc2cccc(Cl)c2)cs1. The van der Waals surface area contributed by atoms with Gasteiger partial charge in [0, 0.05) is 30.0 Å². The van der Waals surface area contributed by atoms with E-state index in [-0.39, 0.29) is 0 Å². The molecule has 1 heterocycles. The average Bonchev–Trinajstić information content (AvgIpc) is 2.77. The molecule has 1 N–H and O–H groups in total. The topological polar surface area (TPSA) is 28.2 Å². The third-order valence-corrected chi connectivity index (χ3v) is 3.83. The van der Waals surface area contributed by atoms with Gasteiger partial charge in [0.15, 0.2) is 0 Å². The lowest BCUT2D eigenvalue weighted by atomic mass is 10.2. The van der Waals surface area contributed by atoms with Crippen LogP contribution < -0.4 is 5.32 Å². The van der Waals surface area contributed by atoms with Gasteiger partial charge >= 0.3 is 0 Å². The molecule has 3 nitrogen and oxygen atoms in total. The minimum atomic E-state index is 0.788. The average molecular weight is 296 g/mol. The highest BCUT2D eigenvalue weighted by atomic mass is 35.5. The van der Waals surface area contributed by atoms with E-state index < -0.39 is 0 Å². The first-order valence-corrected chi connectivity index (χ1v) is 7.44. The Balaban J connectivity index is 1.91. The predicted molar refractivity (Wildman–Crippen MR) is 81.5 cm³/mol. The summed E-state index contributed by atoms with van der Waals surface area (Å²) in [5.41, 5.74) is 2.35. The molecule has 0 aliphatic heterocycles. The molecule has 1 aromatic heterocycles. The normalized spacial score (nSPS) is 11.2. The van der Waals surface area contributed by atoms with Gasteiger partial charge in [0.2, 0.25) is 0 Å². The summed E-state index contributed by atoms with van der Waals surface area (Å²) in [7, 11) is 4.03. The Bertz CT molecular complexity index is 527. The van der Waals surface area contributed by atoms with E-state index in [1.165, 1.54) is 5.56 Å². The third kappa shape index (κ3) is 4.58.